The number of aromatic hydroxyl groups is 1. The lowest BCUT2D eigenvalue weighted by molar-refractivity contribution is 0.0925. The highest BCUT2D eigenvalue weighted by Crippen LogP contribution is 2.26. The van der Waals surface area contributed by atoms with Crippen molar-refractivity contribution in [2.45, 2.75) is 10.6 Å². The van der Waals surface area contributed by atoms with E-state index in [1.54, 1.807) is 18.2 Å². The number of rotatable bonds is 4. The molecule has 1 aromatic carbocycles. The van der Waals surface area contributed by atoms with Gasteiger partial charge in [-0.25, -0.2) is 5.84 Å². The van der Waals surface area contributed by atoms with Gasteiger partial charge in [-0.05, 0) is 30.3 Å². The molecule has 1 heterocycles. The highest BCUT2D eigenvalue weighted by molar-refractivity contribution is 7.98. The molecular weight excluding hydrogens is 252 g/mol. The number of amides is 1. The van der Waals surface area contributed by atoms with Gasteiger partial charge in [-0.2, -0.15) is 0 Å². The van der Waals surface area contributed by atoms with Crippen molar-refractivity contribution in [2.24, 2.45) is 5.84 Å². The first-order chi connectivity index (χ1) is 8.70. The summed E-state index contributed by atoms with van der Waals surface area (Å²) in [5.74, 6) is 5.66. The third-order valence-electron chi connectivity index (χ3n) is 2.32. The first-order valence-electron chi connectivity index (χ1n) is 5.20. The lowest BCUT2D eigenvalue weighted by atomic mass is 10.3. The summed E-state index contributed by atoms with van der Waals surface area (Å²) in [6.45, 7) is 0. The topological polar surface area (TPSA) is 88.5 Å². The highest BCUT2D eigenvalue weighted by atomic mass is 32.2. The van der Waals surface area contributed by atoms with Crippen molar-refractivity contribution < 1.29 is 14.3 Å². The Balaban J connectivity index is 2.04. The number of nitrogens with two attached hydrogens (primary N) is 1. The minimum Gasteiger partial charge on any atom is -0.508 e. The van der Waals surface area contributed by atoms with Crippen LogP contribution in [0.15, 0.2) is 45.9 Å². The lowest BCUT2D eigenvalue weighted by Gasteiger charge is -2.02. The first-order valence-corrected chi connectivity index (χ1v) is 6.18. The Kier molecular flexibility index (Phi) is 3.91. The summed E-state index contributed by atoms with van der Waals surface area (Å²) < 4.78 is 5.08. The molecule has 1 aromatic heterocycles. The Morgan fingerprint density at radius 3 is 2.72 bits per heavy atom. The van der Waals surface area contributed by atoms with E-state index in [9.17, 15) is 4.79 Å². The molecule has 0 bridgehead atoms. The molecule has 0 fully saturated rings. The molecule has 5 nitrogen and oxygen atoms in total. The van der Waals surface area contributed by atoms with Crippen molar-refractivity contribution in [3.63, 3.8) is 0 Å². The number of hydrazine groups is 1. The van der Waals surface area contributed by atoms with E-state index < -0.39 is 5.91 Å². The molecule has 0 unspecified atom stereocenters. The van der Waals surface area contributed by atoms with Crippen LogP contribution in [0, 0.1) is 0 Å². The Labute approximate surface area is 108 Å². The molecule has 0 saturated heterocycles. The molecule has 0 radical (unpaired) electrons. The Morgan fingerprint density at radius 1 is 1.33 bits per heavy atom. The normalized spacial score (nSPS) is 10.3. The van der Waals surface area contributed by atoms with E-state index in [0.29, 0.717) is 5.75 Å². The molecule has 0 spiro atoms. The van der Waals surface area contributed by atoms with Crippen molar-refractivity contribution in [2.75, 3.05) is 0 Å². The predicted molar refractivity (Wildman–Crippen MR) is 68.0 cm³/mol. The number of hydrogen-bond acceptors (Lipinski definition) is 5. The molecule has 0 aliphatic carbocycles. The van der Waals surface area contributed by atoms with Crippen LogP contribution in [0.1, 0.15) is 16.1 Å². The van der Waals surface area contributed by atoms with E-state index in [4.69, 9.17) is 15.4 Å². The molecule has 0 aliphatic rings. The quantitative estimate of drug-likeness (QED) is 0.339. The summed E-state index contributed by atoms with van der Waals surface area (Å²) in [7, 11) is 0. The van der Waals surface area contributed by atoms with Crippen molar-refractivity contribution in [1.29, 1.82) is 0 Å². The van der Waals surface area contributed by atoms with Crippen molar-refractivity contribution in [3.8, 4) is 5.75 Å². The number of hydrogen-bond donors (Lipinski definition) is 3. The highest BCUT2D eigenvalue weighted by Gasteiger charge is 2.14. The van der Waals surface area contributed by atoms with Gasteiger partial charge in [0.15, 0.2) is 5.76 Å². The molecule has 18 heavy (non-hydrogen) atoms. The van der Waals surface area contributed by atoms with E-state index in [-0.39, 0.29) is 11.5 Å². The second-order valence-electron chi connectivity index (χ2n) is 3.53. The fraction of sp³-hybridized carbons (Fsp3) is 0.0833. The largest absolute Gasteiger partial charge is 0.508 e. The smallest absolute Gasteiger partial charge is 0.301 e. The number of phenols is 1. The van der Waals surface area contributed by atoms with Gasteiger partial charge >= 0.3 is 5.91 Å². The maximum atomic E-state index is 11.4. The first kappa shape index (κ1) is 12.5. The van der Waals surface area contributed by atoms with E-state index >= 15 is 0 Å². The van der Waals surface area contributed by atoms with Crippen LogP contribution in [0.25, 0.3) is 0 Å². The summed E-state index contributed by atoms with van der Waals surface area (Å²) in [5.41, 5.74) is 2.81. The lowest BCUT2D eigenvalue weighted by Crippen LogP contribution is -2.30. The average Bonchev–Trinajstić information content (AvgIpc) is 2.85. The van der Waals surface area contributed by atoms with Crippen LogP contribution >= 0.6 is 11.8 Å². The Hall–Kier alpha value is -1.92. The van der Waals surface area contributed by atoms with Crippen LogP contribution in [0.5, 0.6) is 5.75 Å². The summed E-state index contributed by atoms with van der Waals surface area (Å²) in [5, 5.41) is 9.17. The third-order valence-corrected chi connectivity index (χ3v) is 3.38. The SMILES string of the molecule is NNC(=O)c1occc1CSc1ccc(O)cc1. The Morgan fingerprint density at radius 2 is 2.06 bits per heavy atom. The van der Waals surface area contributed by atoms with Crippen LogP contribution < -0.4 is 11.3 Å². The van der Waals surface area contributed by atoms with Gasteiger partial charge in [0, 0.05) is 16.2 Å². The number of benzene rings is 1. The number of thioether (sulfide) groups is 1. The van der Waals surface area contributed by atoms with Crippen LogP contribution in [0.4, 0.5) is 0 Å². The van der Waals surface area contributed by atoms with Gasteiger partial charge in [0.05, 0.1) is 6.26 Å². The molecular formula is C12H12N2O3S. The molecule has 0 saturated carbocycles. The maximum Gasteiger partial charge on any atom is 0.301 e. The number of carbonyl (C=O) groups is 1. The maximum absolute atomic E-state index is 11.4. The van der Waals surface area contributed by atoms with Crippen molar-refractivity contribution in [3.05, 3.63) is 47.9 Å². The summed E-state index contributed by atoms with van der Waals surface area (Å²) >= 11 is 1.54. The van der Waals surface area contributed by atoms with Gasteiger partial charge < -0.3 is 9.52 Å². The molecule has 0 atom stereocenters. The van der Waals surface area contributed by atoms with Crippen LogP contribution in [-0.2, 0) is 5.75 Å². The molecule has 1 amide bonds. The summed E-state index contributed by atoms with van der Waals surface area (Å²) in [6, 6.07) is 8.58. The Bertz CT molecular complexity index is 537. The number of phenolic OH excluding ortho intramolecular Hbond substituents is 1. The monoisotopic (exact) mass is 264 g/mol. The van der Waals surface area contributed by atoms with Gasteiger partial charge in [-0.15, -0.1) is 11.8 Å². The number of nitrogen functional groups attached to an aromatic ring is 1. The van der Waals surface area contributed by atoms with Gasteiger partial charge in [0.25, 0.3) is 0 Å². The zero-order valence-electron chi connectivity index (χ0n) is 9.42. The predicted octanol–water partition coefficient (Wildman–Crippen LogP) is 1.88. The van der Waals surface area contributed by atoms with Gasteiger partial charge in [0.2, 0.25) is 0 Å². The van der Waals surface area contributed by atoms with E-state index in [1.807, 2.05) is 17.6 Å². The molecule has 4 N–H and O–H groups in total. The van der Waals surface area contributed by atoms with Gasteiger partial charge in [-0.3, -0.25) is 10.2 Å². The van der Waals surface area contributed by atoms with Crippen LogP contribution in [-0.4, -0.2) is 11.0 Å². The van der Waals surface area contributed by atoms with Gasteiger partial charge in [0.1, 0.15) is 5.75 Å². The van der Waals surface area contributed by atoms with Crippen LogP contribution in [0.3, 0.4) is 0 Å². The molecule has 2 rings (SSSR count). The minimum atomic E-state index is -0.443. The zero-order valence-corrected chi connectivity index (χ0v) is 10.2. The summed E-state index contributed by atoms with van der Waals surface area (Å²) in [4.78, 5) is 12.4. The summed E-state index contributed by atoms with van der Waals surface area (Å²) in [6.07, 6.45) is 1.46. The number of furan rings is 1. The van der Waals surface area contributed by atoms with E-state index in [1.165, 1.54) is 18.0 Å². The van der Waals surface area contributed by atoms with Crippen molar-refractivity contribution in [1.82, 2.24) is 5.43 Å². The third kappa shape index (κ3) is 2.85. The minimum absolute atomic E-state index is 0.226. The van der Waals surface area contributed by atoms with E-state index in [2.05, 4.69) is 0 Å². The molecule has 2 aromatic rings. The number of nitrogens with one attached hydrogen (secondary N) is 1. The van der Waals surface area contributed by atoms with Gasteiger partial charge in [-0.1, -0.05) is 0 Å². The second-order valence-corrected chi connectivity index (χ2v) is 4.58. The fourth-order valence-electron chi connectivity index (χ4n) is 1.42. The molecule has 94 valence electrons. The molecule has 6 heteroatoms. The fourth-order valence-corrected chi connectivity index (χ4v) is 2.30. The second kappa shape index (κ2) is 5.61. The van der Waals surface area contributed by atoms with Crippen LogP contribution in [0.2, 0.25) is 0 Å². The average molecular weight is 264 g/mol. The molecule has 0 aliphatic heterocycles. The zero-order chi connectivity index (χ0) is 13.0. The van der Waals surface area contributed by atoms with Crippen molar-refractivity contribution >= 4 is 17.7 Å². The number of carbonyl (C=O) groups excluding carboxylic acids is 1. The van der Waals surface area contributed by atoms with E-state index in [0.717, 1.165) is 10.5 Å². The standard InChI is InChI=1S/C12H12N2O3S/c13-14-12(16)11-8(5-6-17-11)7-18-10-3-1-9(15)2-4-10/h1-6,15H,7,13H2,(H,14,16).